The van der Waals surface area contributed by atoms with Gasteiger partial charge in [-0.3, -0.25) is 0 Å². The number of thiophene rings is 1. The maximum atomic E-state index is 2.60. The van der Waals surface area contributed by atoms with Gasteiger partial charge in [-0.2, -0.15) is 0 Å². The number of anilines is 3. The van der Waals surface area contributed by atoms with Gasteiger partial charge >= 0.3 is 0 Å². The Labute approximate surface area is 405 Å². The van der Waals surface area contributed by atoms with Crippen LogP contribution < -0.4 is 15.3 Å². The number of hydrogen-bond donors (Lipinski definition) is 0. The van der Waals surface area contributed by atoms with Gasteiger partial charge in [0, 0.05) is 47.7 Å². The van der Waals surface area contributed by atoms with Crippen molar-refractivity contribution < 1.29 is 0 Å². The fourth-order valence-corrected chi connectivity index (χ4v) is 17.3. The Kier molecular flexibility index (Phi) is 8.06. The van der Waals surface area contributed by atoms with E-state index in [1.54, 1.807) is 0 Å². The molecule has 4 heteroatoms. The minimum atomic E-state index is -2.36. The summed E-state index contributed by atoms with van der Waals surface area (Å²) in [5.41, 5.74) is 14.7. The highest BCUT2D eigenvalue weighted by Gasteiger charge is 2.52. The number of nitrogens with zero attached hydrogens (tertiary/aromatic N) is 2. The molecule has 13 aromatic rings. The standard InChI is InChI=1S/C65H44N2SSi/c1-69(2)61-34-12-9-27-52(61)65(51-26-8-5-22-46(51)49-25-13-19-42-20-14-28-54(65)63(42)49)53-38-36-44(40-62(53)69)66(55-30-15-18-41-17-3-4-21-45(41)55)43-35-37-48-47-23-6-10-29-56(47)67(58(48)39-43)57-31-16-33-60-64(57)50-24-7-11-32-59(50)68-60/h3-40H,1-2H3. The van der Waals surface area contributed by atoms with Crippen molar-refractivity contribution in [1.82, 2.24) is 4.57 Å². The average molecular weight is 913 g/mol. The molecule has 1 aliphatic heterocycles. The number of hydrogen-bond acceptors (Lipinski definition) is 2. The van der Waals surface area contributed by atoms with Crippen LogP contribution in [0.15, 0.2) is 231 Å². The molecule has 11 aromatic carbocycles. The zero-order valence-corrected chi connectivity index (χ0v) is 40.1. The molecule has 1 aliphatic carbocycles. The molecule has 2 nitrogen and oxygen atoms in total. The molecule has 0 radical (unpaired) electrons. The second-order valence-electron chi connectivity index (χ2n) is 19.5. The van der Waals surface area contributed by atoms with Crippen LogP contribution in [-0.4, -0.2) is 12.6 Å². The molecule has 2 aliphatic rings. The van der Waals surface area contributed by atoms with Crippen molar-refractivity contribution in [3.05, 3.63) is 253 Å². The summed E-state index contributed by atoms with van der Waals surface area (Å²) in [6.45, 7) is 5.15. The fraction of sp³-hybridized carbons (Fsp3) is 0.0462. The summed E-state index contributed by atoms with van der Waals surface area (Å²) in [4.78, 5) is 2.55. The van der Waals surface area contributed by atoms with Crippen molar-refractivity contribution in [2.75, 3.05) is 4.90 Å². The Bertz CT molecular complexity index is 4320. The van der Waals surface area contributed by atoms with Crippen LogP contribution in [0.2, 0.25) is 13.1 Å². The lowest BCUT2D eigenvalue weighted by Gasteiger charge is -2.50. The molecule has 2 aromatic heterocycles. The van der Waals surface area contributed by atoms with E-state index in [0.29, 0.717) is 0 Å². The van der Waals surface area contributed by atoms with Crippen LogP contribution in [0, 0.1) is 0 Å². The molecule has 0 amide bonds. The lowest BCUT2D eigenvalue weighted by molar-refractivity contribution is 0.754. The van der Waals surface area contributed by atoms with Gasteiger partial charge in [-0.15, -0.1) is 11.3 Å². The number of rotatable bonds is 4. The van der Waals surface area contributed by atoms with E-state index < -0.39 is 13.5 Å². The third kappa shape index (κ3) is 5.20. The summed E-state index contributed by atoms with van der Waals surface area (Å²) in [6.07, 6.45) is 0. The van der Waals surface area contributed by atoms with Gasteiger partial charge in [0.1, 0.15) is 8.07 Å². The van der Waals surface area contributed by atoms with E-state index in [9.17, 15) is 0 Å². The van der Waals surface area contributed by atoms with E-state index >= 15 is 0 Å². The summed E-state index contributed by atoms with van der Waals surface area (Å²) in [6, 6.07) is 87.5. The highest BCUT2D eigenvalue weighted by Crippen LogP contribution is 2.57. The van der Waals surface area contributed by atoms with Gasteiger partial charge in [0.15, 0.2) is 0 Å². The topological polar surface area (TPSA) is 8.17 Å². The number of fused-ring (bicyclic) bond motifs is 15. The highest BCUT2D eigenvalue weighted by molar-refractivity contribution is 7.25. The first-order valence-corrected chi connectivity index (χ1v) is 27.9. The Balaban J connectivity index is 1.03. The number of aromatic nitrogens is 1. The van der Waals surface area contributed by atoms with E-state index in [2.05, 4.69) is 253 Å². The molecule has 1 unspecified atom stereocenters. The smallest absolute Gasteiger partial charge is 0.113 e. The lowest BCUT2D eigenvalue weighted by atomic mass is 9.59. The molecule has 15 rings (SSSR count). The zero-order valence-electron chi connectivity index (χ0n) is 38.2. The Morgan fingerprint density at radius 3 is 1.93 bits per heavy atom. The van der Waals surface area contributed by atoms with Crippen LogP contribution in [-0.2, 0) is 5.41 Å². The number of para-hydroxylation sites is 1. The van der Waals surface area contributed by atoms with Crippen LogP contribution in [0.1, 0.15) is 22.3 Å². The third-order valence-corrected chi connectivity index (χ3v) is 20.5. The molecule has 0 N–H and O–H groups in total. The molecule has 324 valence electrons. The van der Waals surface area contributed by atoms with Gasteiger partial charge in [0.05, 0.1) is 27.8 Å². The van der Waals surface area contributed by atoms with Crippen molar-refractivity contribution in [2.45, 2.75) is 18.5 Å². The van der Waals surface area contributed by atoms with Crippen molar-refractivity contribution in [3.8, 4) is 16.8 Å². The van der Waals surface area contributed by atoms with Gasteiger partial charge in [0.25, 0.3) is 0 Å². The largest absolute Gasteiger partial charge is 0.310 e. The summed E-state index contributed by atoms with van der Waals surface area (Å²) in [5, 5.41) is 13.2. The molecule has 3 heterocycles. The first-order chi connectivity index (χ1) is 34.0. The zero-order chi connectivity index (χ0) is 45.6. The Morgan fingerprint density at radius 2 is 1.01 bits per heavy atom. The van der Waals surface area contributed by atoms with E-state index in [1.165, 1.54) is 113 Å². The molecule has 0 fully saturated rings. The predicted molar refractivity (Wildman–Crippen MR) is 297 cm³/mol. The Morgan fingerprint density at radius 1 is 0.406 bits per heavy atom. The molecule has 0 saturated heterocycles. The minimum Gasteiger partial charge on any atom is -0.310 e. The fourth-order valence-electron chi connectivity index (χ4n) is 12.9. The van der Waals surface area contributed by atoms with Crippen molar-refractivity contribution >= 4 is 110 Å². The van der Waals surface area contributed by atoms with Gasteiger partial charge in [-0.25, -0.2) is 0 Å². The van der Waals surface area contributed by atoms with E-state index in [4.69, 9.17) is 0 Å². The maximum Gasteiger partial charge on any atom is 0.113 e. The van der Waals surface area contributed by atoms with E-state index in [-0.39, 0.29) is 0 Å². The van der Waals surface area contributed by atoms with Crippen molar-refractivity contribution in [2.24, 2.45) is 0 Å². The first-order valence-electron chi connectivity index (χ1n) is 24.1. The first kappa shape index (κ1) is 39.0. The SMILES string of the molecule is C[Si]1(C)c2ccccc2C2(c3ccccc3-c3cccc4cccc2c34)c2ccc(N(c3ccc4c5ccccc5n(-c5cccc6sc7ccccc7c56)c4c3)c3cccc4ccccc34)cc21. The minimum absolute atomic E-state index is 0.506. The van der Waals surface area contributed by atoms with Crippen LogP contribution in [0.4, 0.5) is 17.1 Å². The maximum absolute atomic E-state index is 2.60. The molecule has 69 heavy (non-hydrogen) atoms. The van der Waals surface area contributed by atoms with Crippen LogP contribution in [0.25, 0.3) is 80.3 Å². The average Bonchev–Trinajstić information content (AvgIpc) is 3.95. The summed E-state index contributed by atoms with van der Waals surface area (Å²) >= 11 is 1.88. The van der Waals surface area contributed by atoms with Gasteiger partial charge in [0.2, 0.25) is 0 Å². The molecule has 1 spiro atoms. The van der Waals surface area contributed by atoms with E-state index in [0.717, 1.165) is 17.1 Å². The van der Waals surface area contributed by atoms with Gasteiger partial charge < -0.3 is 9.47 Å². The molecular formula is C65H44N2SSi. The molecule has 0 saturated carbocycles. The second kappa shape index (κ2) is 14.3. The monoisotopic (exact) mass is 912 g/mol. The van der Waals surface area contributed by atoms with Crippen LogP contribution >= 0.6 is 11.3 Å². The molecule has 0 bridgehead atoms. The normalized spacial score (nSPS) is 15.6. The lowest BCUT2D eigenvalue weighted by Crippen LogP contribution is -2.63. The molecule has 1 atom stereocenters. The van der Waals surface area contributed by atoms with Crippen LogP contribution in [0.5, 0.6) is 0 Å². The van der Waals surface area contributed by atoms with Crippen LogP contribution in [0.3, 0.4) is 0 Å². The third-order valence-electron chi connectivity index (χ3n) is 15.8. The van der Waals surface area contributed by atoms with Gasteiger partial charge in [-0.05, 0) is 115 Å². The Hall–Kier alpha value is -8.02. The summed E-state index contributed by atoms with van der Waals surface area (Å²) < 4.78 is 5.14. The summed E-state index contributed by atoms with van der Waals surface area (Å²) in [7, 11) is -2.36. The molecular weight excluding hydrogens is 869 g/mol. The highest BCUT2D eigenvalue weighted by atomic mass is 32.1. The number of benzene rings is 11. The second-order valence-corrected chi connectivity index (χ2v) is 25.0. The summed E-state index contributed by atoms with van der Waals surface area (Å²) in [5.74, 6) is 0. The predicted octanol–water partition coefficient (Wildman–Crippen LogP) is 16.4. The van der Waals surface area contributed by atoms with E-state index in [1.807, 2.05) is 11.3 Å². The quantitative estimate of drug-likeness (QED) is 0.160. The van der Waals surface area contributed by atoms with Crippen molar-refractivity contribution in [1.29, 1.82) is 0 Å². The van der Waals surface area contributed by atoms with Gasteiger partial charge in [-0.1, -0.05) is 189 Å². The van der Waals surface area contributed by atoms with Crippen molar-refractivity contribution in [3.63, 3.8) is 0 Å².